The molecule has 0 heterocycles. The van der Waals surface area contributed by atoms with Gasteiger partial charge in [0.1, 0.15) is 5.78 Å². The Bertz CT molecular complexity index is 102. The largest absolute Gasteiger partial charge is 0.300 e. The molecule has 0 saturated carbocycles. The van der Waals surface area contributed by atoms with E-state index < -0.39 is 0 Å². The first-order valence-corrected chi connectivity index (χ1v) is 6.34. The van der Waals surface area contributed by atoms with Gasteiger partial charge < -0.3 is 0 Å². The Morgan fingerprint density at radius 3 is 1.42 bits per heavy atom. The van der Waals surface area contributed by atoms with Gasteiger partial charge in [-0.2, -0.15) is 10.5 Å². The minimum absolute atomic E-state index is 0.343. The number of ketones is 1. The van der Waals surface area contributed by atoms with Crippen LogP contribution >= 0.6 is 10.5 Å². The Labute approximate surface area is 79.5 Å². The molecule has 0 aromatic heterocycles. The molecule has 0 spiro atoms. The number of rotatable bonds is 4. The number of carbonyl (C=O) groups excluding carboxylic acids is 1. The molecular formula is C10H22OS. The van der Waals surface area contributed by atoms with E-state index in [1.165, 1.54) is 11.5 Å². The second-order valence-electron chi connectivity index (χ2n) is 2.44. The van der Waals surface area contributed by atoms with E-state index in [0.717, 1.165) is 0 Å². The average Bonchev–Trinajstić information content (AvgIpc) is 2.16. The van der Waals surface area contributed by atoms with Gasteiger partial charge in [-0.15, -0.1) is 0 Å². The van der Waals surface area contributed by atoms with Crippen LogP contribution in [-0.2, 0) is 4.79 Å². The molecule has 1 nitrogen and oxygen atoms in total. The molecule has 74 valence electrons. The van der Waals surface area contributed by atoms with E-state index in [1.54, 1.807) is 0 Å². The second-order valence-corrected chi connectivity index (χ2v) is 4.81. The summed E-state index contributed by atoms with van der Waals surface area (Å²) >= 11 is 0. The molecule has 0 aromatic rings. The molecule has 12 heavy (non-hydrogen) atoms. The Balaban J connectivity index is 0. The van der Waals surface area contributed by atoms with E-state index in [4.69, 9.17) is 0 Å². The van der Waals surface area contributed by atoms with E-state index in [2.05, 4.69) is 19.7 Å². The van der Waals surface area contributed by atoms with E-state index in [-0.39, 0.29) is 0 Å². The van der Waals surface area contributed by atoms with E-state index in [1.807, 2.05) is 13.8 Å². The molecule has 0 saturated heterocycles. The first-order valence-electron chi connectivity index (χ1n) is 4.61. The Hall–Kier alpha value is -0.110. The maximum absolute atomic E-state index is 10.2. The van der Waals surface area contributed by atoms with Crippen molar-refractivity contribution in [3.8, 4) is 0 Å². The van der Waals surface area contributed by atoms with Crippen LogP contribution in [-0.4, -0.2) is 23.2 Å². The van der Waals surface area contributed by atoms with Crippen LogP contribution in [0.3, 0.4) is 0 Å². The topological polar surface area (TPSA) is 17.1 Å². The third-order valence-electron chi connectivity index (χ3n) is 1.61. The molecule has 0 bridgehead atoms. The molecule has 0 aromatic carbocycles. The SMILES string of the molecule is C=S(CC)CC.CCC(=O)CC. The molecule has 0 rings (SSSR count). The zero-order chi connectivity index (χ0) is 9.98. The van der Waals surface area contributed by atoms with E-state index in [0.29, 0.717) is 29.1 Å². The number of hydrogen-bond acceptors (Lipinski definition) is 1. The summed E-state index contributed by atoms with van der Waals surface area (Å²) in [6.07, 6.45) is 1.38. The zero-order valence-corrected chi connectivity index (χ0v) is 9.67. The minimum atomic E-state index is 0.343. The fraction of sp³-hybridized carbons (Fsp3) is 0.800. The molecule has 0 aliphatic rings. The third kappa shape index (κ3) is 12.6. The summed E-state index contributed by atoms with van der Waals surface area (Å²) in [5.74, 6) is 6.74. The lowest BCUT2D eigenvalue weighted by Crippen LogP contribution is -1.88. The predicted octanol–water partition coefficient (Wildman–Crippen LogP) is 3.10. The van der Waals surface area contributed by atoms with Crippen molar-refractivity contribution < 1.29 is 4.79 Å². The fourth-order valence-corrected chi connectivity index (χ4v) is 0.862. The highest BCUT2D eigenvalue weighted by molar-refractivity contribution is 8.14. The van der Waals surface area contributed by atoms with E-state index in [9.17, 15) is 4.79 Å². The molecule has 0 fully saturated rings. The van der Waals surface area contributed by atoms with E-state index >= 15 is 0 Å². The van der Waals surface area contributed by atoms with Crippen molar-refractivity contribution in [3.05, 3.63) is 0 Å². The monoisotopic (exact) mass is 190 g/mol. The predicted molar refractivity (Wildman–Crippen MR) is 61.4 cm³/mol. The van der Waals surface area contributed by atoms with Crippen LogP contribution in [0.2, 0.25) is 0 Å². The van der Waals surface area contributed by atoms with Crippen molar-refractivity contribution in [3.63, 3.8) is 0 Å². The highest BCUT2D eigenvalue weighted by Crippen LogP contribution is 2.04. The van der Waals surface area contributed by atoms with Crippen LogP contribution in [0.5, 0.6) is 0 Å². The summed E-state index contributed by atoms with van der Waals surface area (Å²) in [6.45, 7) is 8.12. The van der Waals surface area contributed by atoms with Crippen molar-refractivity contribution in [2.45, 2.75) is 40.5 Å². The molecule has 2 heteroatoms. The normalized spacial score (nSPS) is 9.08. The highest BCUT2D eigenvalue weighted by Gasteiger charge is 1.86. The fourth-order valence-electron chi connectivity index (χ4n) is 0.454. The van der Waals surface area contributed by atoms with Gasteiger partial charge in [0.25, 0.3) is 0 Å². The Morgan fingerprint density at radius 2 is 1.42 bits per heavy atom. The van der Waals surface area contributed by atoms with Crippen LogP contribution in [0.1, 0.15) is 40.5 Å². The summed E-state index contributed by atoms with van der Waals surface area (Å²) in [5, 5.41) is 0. The summed E-state index contributed by atoms with van der Waals surface area (Å²) in [6, 6.07) is 0. The van der Waals surface area contributed by atoms with Gasteiger partial charge in [0.2, 0.25) is 0 Å². The van der Waals surface area contributed by atoms with Gasteiger partial charge in [0.05, 0.1) is 0 Å². The first-order chi connectivity index (χ1) is 5.62. The number of Topliss-reactive ketones (excluding diaryl/α,β-unsaturated/α-hetero) is 1. The van der Waals surface area contributed by atoms with Crippen LogP contribution in [0.25, 0.3) is 0 Å². The quantitative estimate of drug-likeness (QED) is 0.623. The molecule has 0 atom stereocenters. The van der Waals surface area contributed by atoms with Gasteiger partial charge in [0.15, 0.2) is 0 Å². The molecular weight excluding hydrogens is 168 g/mol. The van der Waals surface area contributed by atoms with Gasteiger partial charge in [-0.1, -0.05) is 33.6 Å². The molecule has 0 unspecified atom stereocenters. The summed E-state index contributed by atoms with van der Waals surface area (Å²) in [4.78, 5) is 10.2. The lowest BCUT2D eigenvalue weighted by molar-refractivity contribution is -0.118. The number of carbonyl (C=O) groups is 1. The van der Waals surface area contributed by atoms with Crippen LogP contribution in [0.15, 0.2) is 0 Å². The van der Waals surface area contributed by atoms with Crippen molar-refractivity contribution in [1.29, 1.82) is 0 Å². The van der Waals surface area contributed by atoms with Crippen LogP contribution in [0, 0.1) is 0 Å². The average molecular weight is 190 g/mol. The summed E-state index contributed by atoms with van der Waals surface area (Å²) < 4.78 is 0. The van der Waals surface area contributed by atoms with Gasteiger partial charge >= 0.3 is 0 Å². The van der Waals surface area contributed by atoms with Gasteiger partial charge in [-0.05, 0) is 11.5 Å². The van der Waals surface area contributed by atoms with Crippen molar-refractivity contribution in [1.82, 2.24) is 0 Å². The summed E-state index contributed by atoms with van der Waals surface area (Å²) in [5.41, 5.74) is 0. The molecule has 0 amide bonds. The lowest BCUT2D eigenvalue weighted by atomic mass is 10.3. The second kappa shape index (κ2) is 10.9. The molecule has 0 N–H and O–H groups in total. The first kappa shape index (κ1) is 14.4. The summed E-state index contributed by atoms with van der Waals surface area (Å²) in [7, 11) is 0.466. The third-order valence-corrected chi connectivity index (χ3v) is 3.24. The minimum Gasteiger partial charge on any atom is -0.300 e. The van der Waals surface area contributed by atoms with Crippen molar-refractivity contribution >= 4 is 22.1 Å². The number of hydrogen-bond donors (Lipinski definition) is 0. The lowest BCUT2D eigenvalue weighted by Gasteiger charge is -1.92. The van der Waals surface area contributed by atoms with Crippen LogP contribution in [0.4, 0.5) is 0 Å². The van der Waals surface area contributed by atoms with Crippen LogP contribution < -0.4 is 0 Å². The maximum atomic E-state index is 10.2. The van der Waals surface area contributed by atoms with Crippen molar-refractivity contribution in [2.24, 2.45) is 0 Å². The highest BCUT2D eigenvalue weighted by atomic mass is 32.2. The van der Waals surface area contributed by atoms with Gasteiger partial charge in [0, 0.05) is 12.8 Å². The smallest absolute Gasteiger partial charge is 0.132 e. The molecule has 0 aliphatic carbocycles. The standard InChI is InChI=1S/C5H10O.C5H12S/c1-3-5(6)4-2;1-4-6(3)5-2/h3-4H2,1-2H3;3-5H2,1-2H3. The molecule has 0 radical (unpaired) electrons. The Morgan fingerprint density at radius 1 is 1.08 bits per heavy atom. The maximum Gasteiger partial charge on any atom is 0.132 e. The molecule has 0 aliphatic heterocycles. The zero-order valence-electron chi connectivity index (χ0n) is 8.85. The van der Waals surface area contributed by atoms with Gasteiger partial charge in [-0.25, -0.2) is 0 Å². The Kier molecular flexibility index (Phi) is 13.1. The van der Waals surface area contributed by atoms with Gasteiger partial charge in [-0.3, -0.25) is 4.79 Å². The van der Waals surface area contributed by atoms with Crippen molar-refractivity contribution in [2.75, 3.05) is 11.5 Å².